The molecule has 2 unspecified atom stereocenters. The SMILES string of the molecule is C=C1CC(C(=O)c2cc(OC)c(OCCCCCOc3cc(NC(=O)OC(C)(C)C)c(C(=O)C4CC(=C)C[C@H]4CO[Si](C)(C)C(C)(C)C)cc3OC)cc2NC(=O)OC(C)(C)C)[C@H](CO[Si](C)(C)C(C)(C)C)C1. The maximum atomic E-state index is 14.6. The van der Waals surface area contributed by atoms with Gasteiger partial charge in [-0.2, -0.15) is 0 Å². The van der Waals surface area contributed by atoms with E-state index in [0.717, 1.165) is 11.1 Å². The quantitative estimate of drug-likeness (QED) is 0.0497. The number of ether oxygens (including phenoxy) is 6. The highest BCUT2D eigenvalue weighted by atomic mass is 28.4. The van der Waals surface area contributed by atoms with Gasteiger partial charge in [0.2, 0.25) is 0 Å². The number of unbranched alkanes of at least 4 members (excludes halogenated alkanes) is 2. The molecule has 14 nitrogen and oxygen atoms in total. The molecule has 0 bridgehead atoms. The summed E-state index contributed by atoms with van der Waals surface area (Å²) in [5.41, 5.74) is 1.54. The van der Waals surface area contributed by atoms with E-state index in [-0.39, 0.29) is 44.9 Å². The first kappa shape index (κ1) is 60.9. The standard InChI is InChI=1S/C57H90N2O12Si2/c1-36-26-38(34-68-72(17,18)56(9,10)11)40(28-36)50(60)42-30-46(64-15)48(32-44(42)58-52(62)70-54(3,4)5)66-24-22-21-23-25-67-49-33-45(59-53(63)71-55(6,7)8)43(31-47(49)65-16)51(61)41-29-37(2)27-39(41)35-69-73(19,20)57(12,13)14/h30-33,38-41H,1-2,21-29,34-35H2,3-20H3,(H,58,62)(H,59,63)/t38-,39-,40?,41?/m0/s1. The minimum atomic E-state index is -2.09. The molecule has 4 atom stereocenters. The van der Waals surface area contributed by atoms with E-state index in [0.29, 0.717) is 105 Å². The van der Waals surface area contributed by atoms with Gasteiger partial charge in [0.25, 0.3) is 0 Å². The summed E-state index contributed by atoms with van der Waals surface area (Å²) in [6.07, 6.45) is 2.98. The van der Waals surface area contributed by atoms with Crippen molar-refractivity contribution in [2.45, 2.75) is 175 Å². The van der Waals surface area contributed by atoms with Crippen molar-refractivity contribution >= 4 is 51.8 Å². The Labute approximate surface area is 439 Å². The third-order valence-electron chi connectivity index (χ3n) is 14.6. The lowest BCUT2D eigenvalue weighted by atomic mass is 9.88. The van der Waals surface area contributed by atoms with Crippen LogP contribution in [0.4, 0.5) is 21.0 Å². The minimum absolute atomic E-state index is 0.0144. The molecule has 0 aromatic heterocycles. The number of allylic oxidation sites excluding steroid dienone is 2. The van der Waals surface area contributed by atoms with Crippen LogP contribution in [0.2, 0.25) is 36.3 Å². The number of Topliss-reactive ketones (excluding diaryl/α,β-unsaturated/α-hetero) is 2. The number of hydrogen-bond acceptors (Lipinski definition) is 12. The van der Waals surface area contributed by atoms with Gasteiger partial charge in [0.05, 0.1) is 38.8 Å². The molecule has 2 amide bonds. The smallest absolute Gasteiger partial charge is 0.412 e. The number of nitrogens with one attached hydrogen (secondary N) is 2. The van der Waals surface area contributed by atoms with E-state index >= 15 is 0 Å². The third-order valence-corrected chi connectivity index (χ3v) is 23.6. The Balaban J connectivity index is 1.50. The second kappa shape index (κ2) is 24.4. The summed E-state index contributed by atoms with van der Waals surface area (Å²) in [5, 5.41) is 5.68. The van der Waals surface area contributed by atoms with Crippen LogP contribution in [-0.2, 0) is 18.3 Å². The van der Waals surface area contributed by atoms with Crippen LogP contribution in [0.5, 0.6) is 23.0 Å². The lowest BCUT2D eigenvalue weighted by Gasteiger charge is -2.37. The Morgan fingerprint density at radius 1 is 0.534 bits per heavy atom. The fourth-order valence-electron chi connectivity index (χ4n) is 8.43. The fourth-order valence-corrected chi connectivity index (χ4v) is 10.6. The van der Waals surface area contributed by atoms with Gasteiger partial charge in [0.1, 0.15) is 11.2 Å². The van der Waals surface area contributed by atoms with Crippen molar-refractivity contribution in [1.29, 1.82) is 0 Å². The van der Waals surface area contributed by atoms with E-state index in [1.54, 1.807) is 65.8 Å². The summed E-state index contributed by atoms with van der Waals surface area (Å²) in [6.45, 7) is 42.6. The largest absolute Gasteiger partial charge is 0.493 e. The Hall–Kier alpha value is -4.65. The highest BCUT2D eigenvalue weighted by molar-refractivity contribution is 6.74. The average molecular weight is 1050 g/mol. The molecule has 2 aromatic carbocycles. The van der Waals surface area contributed by atoms with Gasteiger partial charge < -0.3 is 37.3 Å². The number of rotatable bonds is 22. The van der Waals surface area contributed by atoms with Crippen LogP contribution in [-0.4, -0.2) is 92.2 Å². The predicted molar refractivity (Wildman–Crippen MR) is 296 cm³/mol. The molecule has 2 aliphatic carbocycles. The van der Waals surface area contributed by atoms with Crippen LogP contribution in [0.25, 0.3) is 0 Å². The van der Waals surface area contributed by atoms with Crippen molar-refractivity contribution in [2.24, 2.45) is 23.7 Å². The molecule has 0 spiro atoms. The molecule has 16 heteroatoms. The molecule has 2 aromatic rings. The van der Waals surface area contributed by atoms with Gasteiger partial charge in [0, 0.05) is 48.3 Å². The number of carbonyl (C=O) groups is 4. The van der Waals surface area contributed by atoms with E-state index in [1.165, 1.54) is 14.2 Å². The molecule has 2 saturated carbocycles. The molecule has 4 rings (SSSR count). The second-order valence-electron chi connectivity index (χ2n) is 25.0. The zero-order valence-corrected chi connectivity index (χ0v) is 49.7. The summed E-state index contributed by atoms with van der Waals surface area (Å²) < 4.78 is 48.6. The van der Waals surface area contributed by atoms with Crippen molar-refractivity contribution < 1.29 is 56.5 Å². The molecule has 2 fully saturated rings. The van der Waals surface area contributed by atoms with Gasteiger partial charge >= 0.3 is 12.2 Å². The van der Waals surface area contributed by atoms with E-state index in [9.17, 15) is 19.2 Å². The third kappa shape index (κ3) is 17.2. The molecular formula is C57H90N2O12Si2. The molecular weight excluding hydrogens is 961 g/mol. The molecule has 73 heavy (non-hydrogen) atoms. The first-order valence-corrected chi connectivity index (χ1v) is 31.8. The number of benzene rings is 2. The summed E-state index contributed by atoms with van der Waals surface area (Å²) in [5.74, 6) is 0.217. The molecule has 408 valence electrons. The Morgan fingerprint density at radius 2 is 0.877 bits per heavy atom. The van der Waals surface area contributed by atoms with Crippen LogP contribution in [0.15, 0.2) is 48.6 Å². The Kier molecular flexibility index (Phi) is 20.3. The fraction of sp³-hybridized carbons (Fsp3) is 0.649. The van der Waals surface area contributed by atoms with Crippen LogP contribution >= 0.6 is 0 Å². The van der Waals surface area contributed by atoms with E-state index < -0.39 is 51.9 Å². The van der Waals surface area contributed by atoms with E-state index in [1.807, 2.05) is 0 Å². The number of ketones is 2. The van der Waals surface area contributed by atoms with Crippen LogP contribution in [0, 0.1) is 23.7 Å². The number of methoxy groups -OCH3 is 2. The van der Waals surface area contributed by atoms with Crippen LogP contribution in [0.3, 0.4) is 0 Å². The lowest BCUT2D eigenvalue weighted by molar-refractivity contribution is 0.0624. The topological polar surface area (TPSA) is 166 Å². The minimum Gasteiger partial charge on any atom is -0.493 e. The normalized spacial score (nSPS) is 18.8. The molecule has 0 saturated heterocycles. The van der Waals surface area contributed by atoms with Gasteiger partial charge in [-0.15, -0.1) is 0 Å². The molecule has 2 N–H and O–H groups in total. The maximum absolute atomic E-state index is 14.6. The molecule has 0 aliphatic heterocycles. The number of anilines is 2. The van der Waals surface area contributed by atoms with Crippen molar-refractivity contribution in [3.63, 3.8) is 0 Å². The second-order valence-corrected chi connectivity index (χ2v) is 34.6. The average Bonchev–Trinajstić information content (AvgIpc) is 3.82. The number of amides is 2. The summed E-state index contributed by atoms with van der Waals surface area (Å²) in [7, 11) is -1.15. The Morgan fingerprint density at radius 3 is 1.18 bits per heavy atom. The van der Waals surface area contributed by atoms with Crippen molar-refractivity contribution in [3.05, 3.63) is 59.7 Å². The number of hydrogen-bond donors (Lipinski definition) is 2. The van der Waals surface area contributed by atoms with Crippen molar-refractivity contribution in [1.82, 2.24) is 0 Å². The van der Waals surface area contributed by atoms with E-state index in [2.05, 4.69) is 91.5 Å². The predicted octanol–water partition coefficient (Wildman–Crippen LogP) is 14.6. The van der Waals surface area contributed by atoms with Gasteiger partial charge in [-0.3, -0.25) is 20.2 Å². The van der Waals surface area contributed by atoms with Gasteiger partial charge in [-0.1, -0.05) is 65.8 Å². The van der Waals surface area contributed by atoms with Crippen molar-refractivity contribution in [2.75, 3.05) is 51.3 Å². The lowest BCUT2D eigenvalue weighted by Crippen LogP contribution is -2.42. The Bertz CT molecular complexity index is 2160. The van der Waals surface area contributed by atoms with Crippen LogP contribution < -0.4 is 29.6 Å². The molecule has 2 aliphatic rings. The highest BCUT2D eigenvalue weighted by Crippen LogP contribution is 2.46. The van der Waals surface area contributed by atoms with Gasteiger partial charge in [0.15, 0.2) is 51.2 Å². The first-order chi connectivity index (χ1) is 33.6. The highest BCUT2D eigenvalue weighted by Gasteiger charge is 2.43. The summed E-state index contributed by atoms with van der Waals surface area (Å²) >= 11 is 0. The van der Waals surface area contributed by atoms with Crippen molar-refractivity contribution in [3.8, 4) is 23.0 Å². The van der Waals surface area contributed by atoms with E-state index in [4.69, 9.17) is 37.3 Å². The van der Waals surface area contributed by atoms with Crippen LogP contribution in [0.1, 0.15) is 149 Å². The monoisotopic (exact) mass is 1050 g/mol. The zero-order valence-electron chi connectivity index (χ0n) is 47.7. The first-order valence-electron chi connectivity index (χ1n) is 26.0. The molecule has 0 radical (unpaired) electrons. The number of carbonyl (C=O) groups excluding carboxylic acids is 4. The maximum Gasteiger partial charge on any atom is 0.412 e. The van der Waals surface area contributed by atoms with Gasteiger partial charge in [-0.25, -0.2) is 9.59 Å². The van der Waals surface area contributed by atoms with Gasteiger partial charge in [-0.05, 0) is 147 Å². The summed E-state index contributed by atoms with van der Waals surface area (Å²) in [6, 6.07) is 6.52. The summed E-state index contributed by atoms with van der Waals surface area (Å²) in [4.78, 5) is 55.6. The zero-order chi connectivity index (χ0) is 55.1. The molecule has 0 heterocycles.